The highest BCUT2D eigenvalue weighted by Crippen LogP contribution is 2.42. The van der Waals surface area contributed by atoms with Gasteiger partial charge in [-0.1, -0.05) is 100 Å². The van der Waals surface area contributed by atoms with Gasteiger partial charge in [0.15, 0.2) is 5.82 Å². The Morgan fingerprint density at radius 1 is 0.615 bits per heavy atom. The van der Waals surface area contributed by atoms with E-state index in [0.717, 1.165) is 69.0 Å². The second-order valence-corrected chi connectivity index (χ2v) is 11.5. The van der Waals surface area contributed by atoms with E-state index in [-0.39, 0.29) is 0 Å². The summed E-state index contributed by atoms with van der Waals surface area (Å²) in [7, 11) is 0. The third kappa shape index (κ3) is 4.53. The van der Waals surface area contributed by atoms with Crippen LogP contribution in [0.2, 0.25) is 5.02 Å². The van der Waals surface area contributed by atoms with Crippen LogP contribution in [-0.4, -0.2) is 15.0 Å². The number of nitrogens with zero attached hydrogens (tertiary/aromatic N) is 3. The predicted molar refractivity (Wildman–Crippen MR) is 167 cm³/mol. The van der Waals surface area contributed by atoms with Crippen molar-refractivity contribution in [1.29, 1.82) is 0 Å². The number of halogens is 2. The Balaban J connectivity index is 1.39. The van der Waals surface area contributed by atoms with Crippen LogP contribution in [0.5, 0.6) is 0 Å². The van der Waals surface area contributed by atoms with Crippen LogP contribution in [0.3, 0.4) is 0 Å². The summed E-state index contributed by atoms with van der Waals surface area (Å²) in [6.07, 6.45) is 1.81. The number of fused-ring (bicyclic) bond motifs is 3. The molecular weight excluding hydrogens is 586 g/mol. The van der Waals surface area contributed by atoms with Crippen molar-refractivity contribution >= 4 is 59.2 Å². The Bertz CT molecular complexity index is 1970. The third-order valence-electron chi connectivity index (χ3n) is 6.67. The molecule has 0 atom stereocenters. The maximum Gasteiger partial charge on any atom is 0.160 e. The van der Waals surface area contributed by atoms with Crippen LogP contribution in [0.25, 0.3) is 65.3 Å². The van der Waals surface area contributed by atoms with Crippen LogP contribution in [-0.2, 0) is 0 Å². The van der Waals surface area contributed by atoms with Crippen LogP contribution in [0.15, 0.2) is 120 Å². The van der Waals surface area contributed by atoms with Crippen molar-refractivity contribution in [3.8, 4) is 45.0 Å². The van der Waals surface area contributed by atoms with Gasteiger partial charge < -0.3 is 0 Å². The first kappa shape index (κ1) is 24.2. The Morgan fingerprint density at radius 3 is 2.18 bits per heavy atom. The average Bonchev–Trinajstić information content (AvgIpc) is 3.37. The zero-order valence-corrected chi connectivity index (χ0v) is 23.6. The quantitative estimate of drug-likeness (QED) is 0.201. The molecule has 0 spiro atoms. The molecule has 6 heteroatoms. The molecule has 186 valence electrons. The fourth-order valence-corrected chi connectivity index (χ4v) is 6.74. The summed E-state index contributed by atoms with van der Waals surface area (Å²) >= 11 is 12.0. The summed E-state index contributed by atoms with van der Waals surface area (Å²) in [5.41, 5.74) is 8.04. The fraction of sp³-hybridized carbons (Fsp3) is 0. The smallest absolute Gasteiger partial charge is 0.160 e. The fourth-order valence-electron chi connectivity index (χ4n) is 4.80. The highest BCUT2D eigenvalue weighted by Gasteiger charge is 2.18. The molecule has 0 aliphatic rings. The van der Waals surface area contributed by atoms with Gasteiger partial charge in [-0.3, -0.25) is 4.98 Å². The van der Waals surface area contributed by atoms with E-state index in [1.165, 1.54) is 0 Å². The lowest BCUT2D eigenvalue weighted by atomic mass is 10.0. The van der Waals surface area contributed by atoms with Crippen molar-refractivity contribution < 1.29 is 0 Å². The monoisotopic (exact) mass is 603 g/mol. The third-order valence-corrected chi connectivity index (χ3v) is 8.79. The van der Waals surface area contributed by atoms with Crippen molar-refractivity contribution in [2.45, 2.75) is 0 Å². The molecule has 0 amide bonds. The van der Waals surface area contributed by atoms with E-state index in [9.17, 15) is 0 Å². The minimum atomic E-state index is 0.675. The number of pyridine rings is 1. The summed E-state index contributed by atoms with van der Waals surface area (Å²) in [5.74, 6) is 0.675. The van der Waals surface area contributed by atoms with Gasteiger partial charge in [0.2, 0.25) is 0 Å². The van der Waals surface area contributed by atoms with Crippen molar-refractivity contribution in [2.24, 2.45) is 0 Å². The van der Waals surface area contributed by atoms with E-state index in [1.54, 1.807) is 11.3 Å². The molecule has 0 saturated carbocycles. The van der Waals surface area contributed by atoms with E-state index >= 15 is 0 Å². The zero-order chi connectivity index (χ0) is 26.3. The molecular formula is C33H19BrClN3S. The Hall–Kier alpha value is -3.90. The van der Waals surface area contributed by atoms with E-state index in [2.05, 4.69) is 81.6 Å². The molecule has 0 saturated heterocycles. The van der Waals surface area contributed by atoms with E-state index < -0.39 is 0 Å². The van der Waals surface area contributed by atoms with Gasteiger partial charge in [-0.25, -0.2) is 9.97 Å². The van der Waals surface area contributed by atoms with Gasteiger partial charge in [-0.2, -0.15) is 0 Å². The lowest BCUT2D eigenvalue weighted by Gasteiger charge is -2.10. The Kier molecular flexibility index (Phi) is 6.20. The lowest BCUT2D eigenvalue weighted by molar-refractivity contribution is 1.24. The normalized spacial score (nSPS) is 11.3. The van der Waals surface area contributed by atoms with Gasteiger partial charge in [-0.05, 0) is 47.5 Å². The molecule has 0 radical (unpaired) electrons. The molecule has 0 unspecified atom stereocenters. The summed E-state index contributed by atoms with van der Waals surface area (Å²) in [5, 5.41) is 1.78. The minimum absolute atomic E-state index is 0.675. The molecule has 0 fully saturated rings. The lowest BCUT2D eigenvalue weighted by Crippen LogP contribution is -1.94. The predicted octanol–water partition coefficient (Wildman–Crippen LogP) is 10.3. The molecule has 3 heterocycles. The Morgan fingerprint density at radius 2 is 1.38 bits per heavy atom. The summed E-state index contributed by atoms with van der Waals surface area (Å²) in [6, 6.07) is 37.0. The van der Waals surface area contributed by atoms with E-state index in [4.69, 9.17) is 21.6 Å². The van der Waals surface area contributed by atoms with Gasteiger partial charge in [0, 0.05) is 32.7 Å². The highest BCUT2D eigenvalue weighted by molar-refractivity contribution is 9.10. The van der Waals surface area contributed by atoms with E-state index in [0.29, 0.717) is 5.82 Å². The van der Waals surface area contributed by atoms with Crippen molar-refractivity contribution in [3.63, 3.8) is 0 Å². The number of hydrogen-bond acceptors (Lipinski definition) is 4. The molecule has 3 nitrogen and oxygen atoms in total. The topological polar surface area (TPSA) is 38.7 Å². The summed E-state index contributed by atoms with van der Waals surface area (Å²) in [6.45, 7) is 0. The average molecular weight is 605 g/mol. The standard InChI is InChI=1S/C33H19BrClN3S/c34-25-18-23(20-12-14-21(15-13-20)28-11-4-5-16-36-28)17-24(19-25)33-37-29(22-7-2-1-3-8-22)32-30(38-33)26-9-6-10-27(35)31(26)39-32/h1-19H. The summed E-state index contributed by atoms with van der Waals surface area (Å²) < 4.78 is 3.03. The highest BCUT2D eigenvalue weighted by atomic mass is 79.9. The molecule has 7 rings (SSSR count). The van der Waals surface area contributed by atoms with Crippen molar-refractivity contribution in [1.82, 2.24) is 15.0 Å². The van der Waals surface area contributed by atoms with Crippen LogP contribution < -0.4 is 0 Å². The van der Waals surface area contributed by atoms with Crippen molar-refractivity contribution in [3.05, 3.63) is 125 Å². The Labute approximate surface area is 242 Å². The molecule has 4 aromatic carbocycles. The number of rotatable bonds is 4. The van der Waals surface area contributed by atoms with Crippen LogP contribution in [0.4, 0.5) is 0 Å². The molecule has 0 N–H and O–H groups in total. The van der Waals surface area contributed by atoms with Gasteiger partial charge in [0.25, 0.3) is 0 Å². The second-order valence-electron chi connectivity index (χ2n) is 9.18. The molecule has 39 heavy (non-hydrogen) atoms. The maximum atomic E-state index is 6.60. The van der Waals surface area contributed by atoms with Gasteiger partial charge in [-0.15, -0.1) is 11.3 Å². The molecule has 0 bridgehead atoms. The number of thiophene rings is 1. The SMILES string of the molecule is Clc1cccc2c1sc1c(-c3ccccc3)nc(-c3cc(Br)cc(-c4ccc(-c5ccccn5)cc4)c3)nc12. The molecule has 3 aromatic heterocycles. The summed E-state index contributed by atoms with van der Waals surface area (Å²) in [4.78, 5) is 14.7. The second kappa shape index (κ2) is 10.0. The van der Waals surface area contributed by atoms with Crippen LogP contribution >= 0.6 is 38.9 Å². The van der Waals surface area contributed by atoms with Gasteiger partial charge in [0.05, 0.1) is 31.3 Å². The van der Waals surface area contributed by atoms with Crippen molar-refractivity contribution in [2.75, 3.05) is 0 Å². The number of benzene rings is 4. The van der Waals surface area contributed by atoms with Gasteiger partial charge >= 0.3 is 0 Å². The maximum absolute atomic E-state index is 6.60. The first-order valence-electron chi connectivity index (χ1n) is 12.4. The molecule has 7 aromatic rings. The minimum Gasteiger partial charge on any atom is -0.256 e. The number of hydrogen-bond donors (Lipinski definition) is 0. The molecule has 0 aliphatic carbocycles. The van der Waals surface area contributed by atoms with Crippen LogP contribution in [0, 0.1) is 0 Å². The largest absolute Gasteiger partial charge is 0.256 e. The number of aromatic nitrogens is 3. The first-order valence-corrected chi connectivity index (χ1v) is 14.4. The molecule has 0 aliphatic heterocycles. The van der Waals surface area contributed by atoms with E-state index in [1.807, 2.05) is 54.7 Å². The van der Waals surface area contributed by atoms with Gasteiger partial charge in [0.1, 0.15) is 0 Å². The van der Waals surface area contributed by atoms with Crippen LogP contribution in [0.1, 0.15) is 0 Å². The zero-order valence-electron chi connectivity index (χ0n) is 20.5. The first-order chi connectivity index (χ1) is 19.1.